The van der Waals surface area contributed by atoms with Crippen molar-refractivity contribution in [1.29, 1.82) is 0 Å². The van der Waals surface area contributed by atoms with E-state index >= 15 is 0 Å². The van der Waals surface area contributed by atoms with Crippen molar-refractivity contribution in [3.05, 3.63) is 46.8 Å². The molecule has 1 atom stereocenters. The van der Waals surface area contributed by atoms with Crippen molar-refractivity contribution in [2.45, 2.75) is 25.9 Å². The molecule has 2 aromatic rings. The predicted molar refractivity (Wildman–Crippen MR) is 70.9 cm³/mol. The first-order valence-electron chi connectivity index (χ1n) is 5.93. The van der Waals surface area contributed by atoms with Gasteiger partial charge in [0, 0.05) is 23.6 Å². The highest BCUT2D eigenvalue weighted by atomic mass is 35.5. The Morgan fingerprint density at radius 2 is 2.32 bits per heavy atom. The van der Waals surface area contributed by atoms with Crippen LogP contribution in [0.3, 0.4) is 0 Å². The SMILES string of the molecule is CCn1ncnc1CC(NN)c1ccc(Cl)cc1F. The lowest BCUT2D eigenvalue weighted by Crippen LogP contribution is -2.31. The van der Waals surface area contributed by atoms with Crippen molar-refractivity contribution >= 4 is 11.6 Å². The van der Waals surface area contributed by atoms with E-state index in [1.165, 1.54) is 12.4 Å². The van der Waals surface area contributed by atoms with Crippen LogP contribution in [-0.2, 0) is 13.0 Å². The molecule has 1 aromatic heterocycles. The molecule has 0 aliphatic carbocycles. The van der Waals surface area contributed by atoms with Gasteiger partial charge < -0.3 is 0 Å². The Hall–Kier alpha value is -1.50. The first-order chi connectivity index (χ1) is 9.15. The van der Waals surface area contributed by atoms with Crippen molar-refractivity contribution in [2.75, 3.05) is 0 Å². The number of nitrogens with two attached hydrogens (primary N) is 1. The number of benzene rings is 1. The quantitative estimate of drug-likeness (QED) is 0.649. The van der Waals surface area contributed by atoms with Crippen molar-refractivity contribution in [3.8, 4) is 0 Å². The monoisotopic (exact) mass is 283 g/mol. The number of aromatic nitrogens is 3. The van der Waals surface area contributed by atoms with Crippen LogP contribution in [0.4, 0.5) is 4.39 Å². The lowest BCUT2D eigenvalue weighted by atomic mass is 10.0. The molecule has 0 saturated heterocycles. The minimum absolute atomic E-state index is 0.355. The summed E-state index contributed by atoms with van der Waals surface area (Å²) in [6.07, 6.45) is 1.92. The van der Waals surface area contributed by atoms with Gasteiger partial charge in [-0.2, -0.15) is 5.10 Å². The van der Waals surface area contributed by atoms with E-state index in [4.69, 9.17) is 17.4 Å². The fourth-order valence-electron chi connectivity index (χ4n) is 1.94. The van der Waals surface area contributed by atoms with Crippen LogP contribution in [0.25, 0.3) is 0 Å². The second kappa shape index (κ2) is 6.10. The van der Waals surface area contributed by atoms with Crippen LogP contribution in [0.15, 0.2) is 24.5 Å². The molecule has 0 aliphatic heterocycles. The standard InChI is InChI=1S/C12H15ClFN5/c1-2-19-12(16-7-17-19)6-11(18-15)9-4-3-8(13)5-10(9)14/h3-5,7,11,18H,2,6,15H2,1H3. The van der Waals surface area contributed by atoms with E-state index in [9.17, 15) is 4.39 Å². The van der Waals surface area contributed by atoms with Crippen LogP contribution in [-0.4, -0.2) is 14.8 Å². The Balaban J connectivity index is 2.25. The van der Waals surface area contributed by atoms with E-state index in [1.54, 1.807) is 16.8 Å². The van der Waals surface area contributed by atoms with E-state index < -0.39 is 5.82 Å². The molecule has 102 valence electrons. The predicted octanol–water partition coefficient (Wildman–Crippen LogP) is 1.84. The lowest BCUT2D eigenvalue weighted by Gasteiger charge is -2.17. The summed E-state index contributed by atoms with van der Waals surface area (Å²) in [6.45, 7) is 2.67. The fraction of sp³-hybridized carbons (Fsp3) is 0.333. The topological polar surface area (TPSA) is 68.8 Å². The number of halogens is 2. The van der Waals surface area contributed by atoms with Crippen LogP contribution in [0.2, 0.25) is 5.02 Å². The number of hydrogen-bond donors (Lipinski definition) is 2. The van der Waals surface area contributed by atoms with Gasteiger partial charge in [0.05, 0.1) is 6.04 Å². The first kappa shape index (κ1) is 13.9. The molecule has 1 heterocycles. The Morgan fingerprint density at radius 3 is 2.95 bits per heavy atom. The number of nitrogens with zero attached hydrogens (tertiary/aromatic N) is 3. The summed E-state index contributed by atoms with van der Waals surface area (Å²) in [5.74, 6) is 5.87. The maximum Gasteiger partial charge on any atom is 0.138 e. The molecule has 1 unspecified atom stereocenters. The molecule has 0 radical (unpaired) electrons. The van der Waals surface area contributed by atoms with E-state index in [1.807, 2.05) is 6.92 Å². The molecule has 0 spiro atoms. The highest BCUT2D eigenvalue weighted by molar-refractivity contribution is 6.30. The molecule has 3 N–H and O–H groups in total. The van der Waals surface area contributed by atoms with E-state index in [2.05, 4.69) is 15.5 Å². The Kier molecular flexibility index (Phi) is 4.47. The van der Waals surface area contributed by atoms with Gasteiger partial charge in [-0.25, -0.2) is 9.37 Å². The highest BCUT2D eigenvalue weighted by Crippen LogP contribution is 2.22. The zero-order chi connectivity index (χ0) is 13.8. The van der Waals surface area contributed by atoms with Gasteiger partial charge in [-0.1, -0.05) is 17.7 Å². The maximum absolute atomic E-state index is 13.9. The van der Waals surface area contributed by atoms with Crippen LogP contribution in [0.5, 0.6) is 0 Å². The molecule has 5 nitrogen and oxygen atoms in total. The Morgan fingerprint density at radius 1 is 1.53 bits per heavy atom. The normalized spacial score (nSPS) is 12.6. The Labute approximate surface area is 115 Å². The minimum Gasteiger partial charge on any atom is -0.271 e. The van der Waals surface area contributed by atoms with Crippen LogP contribution in [0.1, 0.15) is 24.4 Å². The van der Waals surface area contributed by atoms with E-state index in [-0.39, 0.29) is 6.04 Å². The number of aryl methyl sites for hydroxylation is 1. The molecule has 0 saturated carbocycles. The van der Waals surface area contributed by atoms with Gasteiger partial charge in [-0.15, -0.1) is 0 Å². The fourth-order valence-corrected chi connectivity index (χ4v) is 2.09. The van der Waals surface area contributed by atoms with Crippen molar-refractivity contribution in [3.63, 3.8) is 0 Å². The zero-order valence-electron chi connectivity index (χ0n) is 10.5. The average molecular weight is 284 g/mol. The third-order valence-corrected chi connectivity index (χ3v) is 3.16. The Bertz CT molecular complexity index is 557. The molecular formula is C12H15ClFN5. The van der Waals surface area contributed by atoms with Gasteiger partial charge in [0.1, 0.15) is 18.0 Å². The van der Waals surface area contributed by atoms with Crippen molar-refractivity contribution < 1.29 is 4.39 Å². The summed E-state index contributed by atoms with van der Waals surface area (Å²) in [7, 11) is 0. The molecule has 19 heavy (non-hydrogen) atoms. The van der Waals surface area contributed by atoms with Gasteiger partial charge in [0.25, 0.3) is 0 Å². The molecule has 0 bridgehead atoms. The summed E-state index contributed by atoms with van der Waals surface area (Å²) >= 11 is 5.74. The molecule has 7 heteroatoms. The van der Waals surface area contributed by atoms with Gasteiger partial charge in [-0.05, 0) is 19.1 Å². The minimum atomic E-state index is -0.391. The van der Waals surface area contributed by atoms with Crippen LogP contribution in [0, 0.1) is 5.82 Å². The molecule has 2 rings (SSSR count). The summed E-state index contributed by atoms with van der Waals surface area (Å²) in [5, 5.41) is 4.43. The second-order valence-corrected chi connectivity index (χ2v) is 4.52. The van der Waals surface area contributed by atoms with Gasteiger partial charge in [-0.3, -0.25) is 16.0 Å². The number of rotatable bonds is 5. The smallest absolute Gasteiger partial charge is 0.138 e. The third kappa shape index (κ3) is 3.09. The third-order valence-electron chi connectivity index (χ3n) is 2.92. The summed E-state index contributed by atoms with van der Waals surface area (Å²) in [5.41, 5.74) is 3.06. The summed E-state index contributed by atoms with van der Waals surface area (Å²) in [6, 6.07) is 4.14. The van der Waals surface area contributed by atoms with Gasteiger partial charge in [0.15, 0.2) is 0 Å². The number of hydrogen-bond acceptors (Lipinski definition) is 4. The molecular weight excluding hydrogens is 269 g/mol. The van der Waals surface area contributed by atoms with Crippen LogP contribution >= 0.6 is 11.6 Å². The lowest BCUT2D eigenvalue weighted by molar-refractivity contribution is 0.485. The second-order valence-electron chi connectivity index (χ2n) is 4.08. The summed E-state index contributed by atoms with van der Waals surface area (Å²) in [4.78, 5) is 4.16. The van der Waals surface area contributed by atoms with Gasteiger partial charge >= 0.3 is 0 Å². The van der Waals surface area contributed by atoms with Gasteiger partial charge in [0.2, 0.25) is 0 Å². The maximum atomic E-state index is 13.9. The number of hydrazine groups is 1. The highest BCUT2D eigenvalue weighted by Gasteiger charge is 2.18. The van der Waals surface area contributed by atoms with Crippen molar-refractivity contribution in [2.24, 2.45) is 5.84 Å². The molecule has 0 amide bonds. The zero-order valence-corrected chi connectivity index (χ0v) is 11.2. The largest absolute Gasteiger partial charge is 0.271 e. The summed E-state index contributed by atoms with van der Waals surface area (Å²) < 4.78 is 15.6. The molecule has 0 aliphatic rings. The number of nitrogens with one attached hydrogen (secondary N) is 1. The van der Waals surface area contributed by atoms with Crippen LogP contribution < -0.4 is 11.3 Å². The van der Waals surface area contributed by atoms with E-state index in [0.717, 1.165) is 5.82 Å². The molecule has 1 aromatic carbocycles. The molecule has 0 fully saturated rings. The van der Waals surface area contributed by atoms with E-state index in [0.29, 0.717) is 23.6 Å². The average Bonchev–Trinajstić information content (AvgIpc) is 2.84. The first-order valence-corrected chi connectivity index (χ1v) is 6.31. The van der Waals surface area contributed by atoms with Crippen molar-refractivity contribution in [1.82, 2.24) is 20.2 Å².